The number of carbonyl (C=O) groups is 1. The molecule has 0 atom stereocenters. The molecule has 10 nitrogen and oxygen atoms in total. The number of nitrogens with one attached hydrogen (secondary N) is 1. The minimum atomic E-state index is -0.776. The topological polar surface area (TPSA) is 168 Å². The molecule has 0 radical (unpaired) electrons. The number of aromatic nitrogens is 2. The summed E-state index contributed by atoms with van der Waals surface area (Å²) in [6, 6.07) is 8.48. The predicted octanol–water partition coefficient (Wildman–Crippen LogP) is 2.25. The fourth-order valence-corrected chi connectivity index (χ4v) is 2.06. The molecule has 0 aliphatic heterocycles. The number of anilines is 1. The van der Waals surface area contributed by atoms with Gasteiger partial charge in [-0.1, -0.05) is 30.3 Å². The molecule has 0 fully saturated rings. The zero-order valence-electron chi connectivity index (χ0n) is 12.8. The first kappa shape index (κ1) is 16.7. The van der Waals surface area contributed by atoms with Crippen LogP contribution in [0.25, 0.3) is 21.7 Å². The maximum Gasteiger partial charge on any atom is 0.332 e. The number of nitrogen functional groups attached to an aromatic ring is 1. The summed E-state index contributed by atoms with van der Waals surface area (Å²) in [6.45, 7) is 1.68. The maximum absolute atomic E-state index is 10.8. The Morgan fingerprint density at radius 2 is 2.04 bits per heavy atom. The predicted molar refractivity (Wildman–Crippen MR) is 90.2 cm³/mol. The molecule has 1 aromatic heterocycles. The molecule has 2 rings (SSSR count). The van der Waals surface area contributed by atoms with Gasteiger partial charge in [0.25, 0.3) is 0 Å². The number of hydrazone groups is 1. The van der Waals surface area contributed by atoms with Gasteiger partial charge in [-0.15, -0.1) is 0 Å². The van der Waals surface area contributed by atoms with Crippen LogP contribution in [0.4, 0.5) is 16.6 Å². The molecule has 2 aromatic rings. The largest absolute Gasteiger partial charge is 0.368 e. The first-order valence-electron chi connectivity index (χ1n) is 6.86. The van der Waals surface area contributed by atoms with E-state index >= 15 is 0 Å². The number of nitrogens with two attached hydrogens (primary N) is 2. The van der Waals surface area contributed by atoms with Crippen molar-refractivity contribution in [2.24, 2.45) is 15.9 Å². The molecule has 1 heterocycles. The number of nitrogens with zero attached hydrogens (tertiary/aromatic N) is 6. The Morgan fingerprint density at radius 1 is 1.33 bits per heavy atom. The fraction of sp³-hybridized carbons (Fsp3) is 0.143. The second kappa shape index (κ2) is 7.56. The van der Waals surface area contributed by atoms with Gasteiger partial charge >= 0.3 is 6.03 Å². The molecule has 10 heteroatoms. The van der Waals surface area contributed by atoms with Gasteiger partial charge < -0.3 is 11.5 Å². The van der Waals surface area contributed by atoms with E-state index in [4.69, 9.17) is 17.0 Å². The number of carbonyl (C=O) groups excluding carboxylic acids is 1. The summed E-state index contributed by atoms with van der Waals surface area (Å²) in [4.78, 5) is 21.8. The minimum absolute atomic E-state index is 0.00939. The summed E-state index contributed by atoms with van der Waals surface area (Å²) >= 11 is 0. The van der Waals surface area contributed by atoms with Crippen LogP contribution in [-0.2, 0) is 6.42 Å². The number of azide groups is 1. The summed E-state index contributed by atoms with van der Waals surface area (Å²) in [7, 11) is 0. The first-order valence-corrected chi connectivity index (χ1v) is 6.86. The number of amides is 2. The minimum Gasteiger partial charge on any atom is -0.368 e. The number of hydrogen-bond acceptors (Lipinski definition) is 6. The molecule has 122 valence electrons. The molecule has 0 unspecified atom stereocenters. The van der Waals surface area contributed by atoms with Crippen molar-refractivity contribution in [2.45, 2.75) is 13.3 Å². The van der Waals surface area contributed by atoms with E-state index in [-0.39, 0.29) is 18.2 Å². The van der Waals surface area contributed by atoms with Crippen LogP contribution in [0, 0.1) is 0 Å². The van der Waals surface area contributed by atoms with Gasteiger partial charge in [-0.3, -0.25) is 0 Å². The normalized spacial score (nSPS) is 10.8. The molecular weight excluding hydrogens is 310 g/mol. The van der Waals surface area contributed by atoms with Crippen molar-refractivity contribution in [3.63, 3.8) is 0 Å². The second-order valence-corrected chi connectivity index (χ2v) is 4.79. The van der Waals surface area contributed by atoms with Gasteiger partial charge in [0.05, 0.1) is 5.69 Å². The lowest BCUT2D eigenvalue weighted by molar-refractivity contribution is 0.249. The third kappa shape index (κ3) is 4.18. The summed E-state index contributed by atoms with van der Waals surface area (Å²) < 4.78 is 0. The molecule has 0 saturated heterocycles. The van der Waals surface area contributed by atoms with Crippen LogP contribution in [0.5, 0.6) is 0 Å². The van der Waals surface area contributed by atoms with Crippen molar-refractivity contribution < 1.29 is 4.79 Å². The van der Waals surface area contributed by atoms with Crippen LogP contribution < -0.4 is 16.9 Å². The van der Waals surface area contributed by atoms with Gasteiger partial charge in [0, 0.05) is 28.2 Å². The number of benzene rings is 1. The van der Waals surface area contributed by atoms with Crippen molar-refractivity contribution in [1.29, 1.82) is 0 Å². The molecule has 0 aliphatic rings. The summed E-state index contributed by atoms with van der Waals surface area (Å²) in [6.07, 6.45) is 0.235. The Labute approximate surface area is 137 Å². The smallest absolute Gasteiger partial charge is 0.332 e. The van der Waals surface area contributed by atoms with Gasteiger partial charge in [-0.25, -0.2) is 20.2 Å². The number of hydrogen-bond donors (Lipinski definition) is 3. The second-order valence-electron chi connectivity index (χ2n) is 4.79. The molecule has 0 bridgehead atoms. The van der Waals surface area contributed by atoms with Crippen molar-refractivity contribution >= 4 is 23.5 Å². The Morgan fingerprint density at radius 3 is 2.67 bits per heavy atom. The summed E-state index contributed by atoms with van der Waals surface area (Å²) in [5.74, 6) is 0.0994. The quantitative estimate of drug-likeness (QED) is 0.252. The highest BCUT2D eigenvalue weighted by Crippen LogP contribution is 2.29. The van der Waals surface area contributed by atoms with E-state index in [0.717, 1.165) is 5.56 Å². The Kier molecular flexibility index (Phi) is 5.27. The monoisotopic (exact) mass is 325 g/mol. The van der Waals surface area contributed by atoms with Crippen LogP contribution in [0.1, 0.15) is 12.5 Å². The Hall–Kier alpha value is -3.65. The van der Waals surface area contributed by atoms with Crippen LogP contribution >= 0.6 is 0 Å². The van der Waals surface area contributed by atoms with Crippen LogP contribution in [0.2, 0.25) is 0 Å². The fourth-order valence-electron chi connectivity index (χ4n) is 2.06. The van der Waals surface area contributed by atoms with Gasteiger partial charge in [0.2, 0.25) is 5.95 Å². The number of rotatable bonds is 5. The van der Waals surface area contributed by atoms with E-state index in [1.807, 2.05) is 30.3 Å². The molecule has 1 aromatic carbocycles. The van der Waals surface area contributed by atoms with Crippen molar-refractivity contribution in [1.82, 2.24) is 15.4 Å². The standard InChI is InChI=1S/C14H15N9O/c1-8(20-22-14(16)24)7-10-11(9-5-3-2-4-6-9)18-13(15)19-12(10)21-23-17/h2-6H,7H2,1H3,(H2,15,18,19)(H3,16,22,24). The summed E-state index contributed by atoms with van der Waals surface area (Å²) in [5, 5.41) is 7.43. The van der Waals surface area contributed by atoms with Crippen molar-refractivity contribution in [3.05, 3.63) is 46.3 Å². The SMILES string of the molecule is CC(Cc1c(N=[N+]=[N-])nc(N)nc1-c1ccccc1)=NNC(N)=O. The molecule has 0 aliphatic carbocycles. The maximum atomic E-state index is 10.8. The van der Waals surface area contributed by atoms with E-state index in [1.54, 1.807) is 6.92 Å². The van der Waals surface area contributed by atoms with E-state index in [0.29, 0.717) is 17.0 Å². The zero-order chi connectivity index (χ0) is 17.5. The lowest BCUT2D eigenvalue weighted by atomic mass is 10.0. The van der Waals surface area contributed by atoms with Gasteiger partial charge in [0.15, 0.2) is 0 Å². The van der Waals surface area contributed by atoms with Crippen LogP contribution in [0.15, 0.2) is 40.5 Å². The third-order valence-electron chi connectivity index (χ3n) is 2.98. The van der Waals surface area contributed by atoms with Crippen molar-refractivity contribution in [2.75, 3.05) is 5.73 Å². The number of primary amides is 1. The molecule has 0 saturated carbocycles. The highest BCUT2D eigenvalue weighted by molar-refractivity contribution is 5.88. The molecule has 0 spiro atoms. The summed E-state index contributed by atoms with van der Waals surface area (Å²) in [5.41, 5.74) is 24.0. The number of urea groups is 1. The molecule has 24 heavy (non-hydrogen) atoms. The van der Waals surface area contributed by atoms with Crippen LogP contribution in [0.3, 0.4) is 0 Å². The van der Waals surface area contributed by atoms with Gasteiger partial charge in [-0.05, 0) is 17.6 Å². The first-order chi connectivity index (χ1) is 11.5. The van der Waals surface area contributed by atoms with E-state index in [1.165, 1.54) is 0 Å². The Bertz CT molecular complexity index is 826. The Balaban J connectivity index is 2.56. The van der Waals surface area contributed by atoms with Gasteiger partial charge in [0.1, 0.15) is 5.82 Å². The third-order valence-corrected chi connectivity index (χ3v) is 2.98. The van der Waals surface area contributed by atoms with Crippen LogP contribution in [-0.4, -0.2) is 21.7 Å². The van der Waals surface area contributed by atoms with E-state index in [9.17, 15) is 4.79 Å². The lowest BCUT2D eigenvalue weighted by Crippen LogP contribution is -2.25. The highest BCUT2D eigenvalue weighted by Gasteiger charge is 2.15. The molecule has 5 N–H and O–H groups in total. The molecule has 2 amide bonds. The van der Waals surface area contributed by atoms with E-state index in [2.05, 4.69) is 30.5 Å². The average Bonchev–Trinajstić information content (AvgIpc) is 2.56. The average molecular weight is 325 g/mol. The highest BCUT2D eigenvalue weighted by atomic mass is 16.2. The van der Waals surface area contributed by atoms with Crippen molar-refractivity contribution in [3.8, 4) is 11.3 Å². The lowest BCUT2D eigenvalue weighted by Gasteiger charge is -2.12. The zero-order valence-corrected chi connectivity index (χ0v) is 12.8. The van der Waals surface area contributed by atoms with E-state index < -0.39 is 6.03 Å². The van der Waals surface area contributed by atoms with Gasteiger partial charge in [-0.2, -0.15) is 5.10 Å². The molecular formula is C14H15N9O.